The minimum atomic E-state index is -0.207. The van der Waals surface area contributed by atoms with Crippen LogP contribution in [-0.2, 0) is 6.61 Å². The fourth-order valence-corrected chi connectivity index (χ4v) is 1.63. The summed E-state index contributed by atoms with van der Waals surface area (Å²) in [4.78, 5) is 15.9. The standard InChI is InChI=1S/C14H14N2O2/c1-10-5-12(8-15-7-10)14(18)16-13-4-2-3-11(6-13)9-17/h2-8,17H,9H2,1H3,(H,16,18). The van der Waals surface area contributed by atoms with Gasteiger partial charge < -0.3 is 10.4 Å². The molecule has 4 heteroatoms. The molecule has 0 radical (unpaired) electrons. The minimum absolute atomic E-state index is 0.0459. The zero-order valence-corrected chi connectivity index (χ0v) is 10.1. The molecule has 0 saturated heterocycles. The Bertz CT molecular complexity index is 567. The van der Waals surface area contributed by atoms with Gasteiger partial charge in [0.1, 0.15) is 0 Å². The molecule has 0 saturated carbocycles. The number of benzene rings is 1. The smallest absolute Gasteiger partial charge is 0.257 e. The third-order valence-electron chi connectivity index (χ3n) is 2.50. The lowest BCUT2D eigenvalue weighted by Gasteiger charge is -2.06. The second-order valence-electron chi connectivity index (χ2n) is 4.06. The van der Waals surface area contributed by atoms with E-state index in [4.69, 9.17) is 5.11 Å². The number of amides is 1. The Kier molecular flexibility index (Phi) is 3.69. The lowest BCUT2D eigenvalue weighted by atomic mass is 10.2. The molecule has 4 nitrogen and oxygen atoms in total. The summed E-state index contributed by atoms with van der Waals surface area (Å²) in [5.41, 5.74) is 2.87. The molecule has 1 amide bonds. The van der Waals surface area contributed by atoms with E-state index in [-0.39, 0.29) is 12.5 Å². The van der Waals surface area contributed by atoms with Crippen LogP contribution in [0.3, 0.4) is 0 Å². The molecular formula is C14H14N2O2. The van der Waals surface area contributed by atoms with Crippen LogP contribution in [0.25, 0.3) is 0 Å². The fraction of sp³-hybridized carbons (Fsp3) is 0.143. The van der Waals surface area contributed by atoms with E-state index >= 15 is 0 Å². The molecule has 1 aromatic heterocycles. The largest absolute Gasteiger partial charge is 0.392 e. The lowest BCUT2D eigenvalue weighted by Crippen LogP contribution is -2.12. The van der Waals surface area contributed by atoms with Crippen molar-refractivity contribution in [3.8, 4) is 0 Å². The molecule has 0 spiro atoms. The van der Waals surface area contributed by atoms with Gasteiger partial charge in [-0.2, -0.15) is 0 Å². The quantitative estimate of drug-likeness (QED) is 0.866. The van der Waals surface area contributed by atoms with Crippen molar-refractivity contribution in [2.24, 2.45) is 0 Å². The van der Waals surface area contributed by atoms with Crippen LogP contribution in [0.4, 0.5) is 5.69 Å². The molecule has 92 valence electrons. The van der Waals surface area contributed by atoms with Gasteiger partial charge in [-0.25, -0.2) is 0 Å². The van der Waals surface area contributed by atoms with Crippen LogP contribution < -0.4 is 5.32 Å². The molecule has 0 atom stereocenters. The second-order valence-corrected chi connectivity index (χ2v) is 4.06. The Hall–Kier alpha value is -2.20. The third-order valence-corrected chi connectivity index (χ3v) is 2.50. The predicted molar refractivity (Wildman–Crippen MR) is 69.3 cm³/mol. The molecule has 18 heavy (non-hydrogen) atoms. The number of nitrogens with one attached hydrogen (secondary N) is 1. The highest BCUT2D eigenvalue weighted by atomic mass is 16.3. The highest BCUT2D eigenvalue weighted by molar-refractivity contribution is 6.04. The Morgan fingerprint density at radius 3 is 2.89 bits per heavy atom. The number of aliphatic hydroxyl groups excluding tert-OH is 1. The number of aryl methyl sites for hydroxylation is 1. The molecule has 0 bridgehead atoms. The maximum atomic E-state index is 12.0. The highest BCUT2D eigenvalue weighted by Gasteiger charge is 2.06. The molecule has 0 aliphatic rings. The number of hydrogen-bond acceptors (Lipinski definition) is 3. The van der Waals surface area contributed by atoms with Crippen LogP contribution in [0.15, 0.2) is 42.7 Å². The van der Waals surface area contributed by atoms with Crippen molar-refractivity contribution >= 4 is 11.6 Å². The average molecular weight is 242 g/mol. The number of nitrogens with zero attached hydrogens (tertiary/aromatic N) is 1. The van der Waals surface area contributed by atoms with E-state index in [0.29, 0.717) is 11.3 Å². The van der Waals surface area contributed by atoms with Crippen LogP contribution in [0, 0.1) is 6.92 Å². The maximum Gasteiger partial charge on any atom is 0.257 e. The second kappa shape index (κ2) is 5.42. The summed E-state index contributed by atoms with van der Waals surface area (Å²) in [6.07, 6.45) is 3.22. The number of carbonyl (C=O) groups is 1. The van der Waals surface area contributed by atoms with Gasteiger partial charge in [0.05, 0.1) is 12.2 Å². The van der Waals surface area contributed by atoms with Crippen LogP contribution >= 0.6 is 0 Å². The molecule has 2 aromatic rings. The van der Waals surface area contributed by atoms with Gasteiger partial charge in [0.2, 0.25) is 0 Å². The number of aliphatic hydroxyl groups is 1. The molecule has 0 aliphatic heterocycles. The number of rotatable bonds is 3. The van der Waals surface area contributed by atoms with Gasteiger partial charge in [-0.15, -0.1) is 0 Å². The van der Waals surface area contributed by atoms with Crippen molar-refractivity contribution < 1.29 is 9.90 Å². The van der Waals surface area contributed by atoms with Gasteiger partial charge in [-0.05, 0) is 36.2 Å². The summed E-state index contributed by atoms with van der Waals surface area (Å²) in [5, 5.41) is 11.8. The van der Waals surface area contributed by atoms with Gasteiger partial charge in [-0.1, -0.05) is 12.1 Å². The van der Waals surface area contributed by atoms with Crippen molar-refractivity contribution in [1.29, 1.82) is 0 Å². The number of carbonyl (C=O) groups excluding carboxylic acids is 1. The minimum Gasteiger partial charge on any atom is -0.392 e. The van der Waals surface area contributed by atoms with Crippen molar-refractivity contribution in [3.05, 3.63) is 59.4 Å². The summed E-state index contributed by atoms with van der Waals surface area (Å²) in [6.45, 7) is 1.84. The van der Waals surface area contributed by atoms with Crippen LogP contribution in [0.1, 0.15) is 21.5 Å². The number of aromatic nitrogens is 1. The molecule has 2 N–H and O–H groups in total. The zero-order valence-electron chi connectivity index (χ0n) is 10.1. The first-order chi connectivity index (χ1) is 8.69. The summed E-state index contributed by atoms with van der Waals surface area (Å²) in [7, 11) is 0. The monoisotopic (exact) mass is 242 g/mol. The Labute approximate surface area is 105 Å². The van der Waals surface area contributed by atoms with Crippen molar-refractivity contribution in [3.63, 3.8) is 0 Å². The molecule has 0 unspecified atom stereocenters. The fourth-order valence-electron chi connectivity index (χ4n) is 1.63. The average Bonchev–Trinajstić information content (AvgIpc) is 2.39. The molecule has 1 aromatic carbocycles. The first-order valence-electron chi connectivity index (χ1n) is 5.62. The Morgan fingerprint density at radius 2 is 2.17 bits per heavy atom. The summed E-state index contributed by atoms with van der Waals surface area (Å²) >= 11 is 0. The SMILES string of the molecule is Cc1cncc(C(=O)Nc2cccc(CO)c2)c1. The number of pyridine rings is 1. The van der Waals surface area contributed by atoms with Gasteiger partial charge >= 0.3 is 0 Å². The Balaban J connectivity index is 2.16. The molecule has 1 heterocycles. The van der Waals surface area contributed by atoms with Crippen molar-refractivity contribution in [2.75, 3.05) is 5.32 Å². The molecular weight excluding hydrogens is 228 g/mol. The number of hydrogen-bond donors (Lipinski definition) is 2. The Morgan fingerprint density at radius 1 is 1.33 bits per heavy atom. The van der Waals surface area contributed by atoms with Crippen LogP contribution in [0.2, 0.25) is 0 Å². The van der Waals surface area contributed by atoms with Crippen molar-refractivity contribution in [2.45, 2.75) is 13.5 Å². The van der Waals surface area contributed by atoms with Crippen LogP contribution in [0.5, 0.6) is 0 Å². The van der Waals surface area contributed by atoms with Gasteiger partial charge in [0.25, 0.3) is 5.91 Å². The molecule has 2 rings (SSSR count). The number of anilines is 1. The van der Waals surface area contributed by atoms with E-state index < -0.39 is 0 Å². The van der Waals surface area contributed by atoms with E-state index in [0.717, 1.165) is 11.1 Å². The van der Waals surface area contributed by atoms with Gasteiger partial charge in [-0.3, -0.25) is 9.78 Å². The van der Waals surface area contributed by atoms with Gasteiger partial charge in [0.15, 0.2) is 0 Å². The zero-order chi connectivity index (χ0) is 13.0. The molecule has 0 aliphatic carbocycles. The first kappa shape index (κ1) is 12.3. The van der Waals surface area contributed by atoms with Crippen molar-refractivity contribution in [1.82, 2.24) is 4.98 Å². The van der Waals surface area contributed by atoms with Gasteiger partial charge in [0, 0.05) is 18.1 Å². The lowest BCUT2D eigenvalue weighted by molar-refractivity contribution is 0.102. The summed E-state index contributed by atoms with van der Waals surface area (Å²) in [6, 6.07) is 8.87. The molecule has 0 fully saturated rings. The summed E-state index contributed by atoms with van der Waals surface area (Å²) < 4.78 is 0. The van der Waals surface area contributed by atoms with E-state index in [2.05, 4.69) is 10.3 Å². The topological polar surface area (TPSA) is 62.2 Å². The summed E-state index contributed by atoms with van der Waals surface area (Å²) in [5.74, 6) is -0.207. The first-order valence-corrected chi connectivity index (χ1v) is 5.62. The maximum absolute atomic E-state index is 12.0. The van der Waals surface area contributed by atoms with Crippen LogP contribution in [-0.4, -0.2) is 16.0 Å². The van der Waals surface area contributed by atoms with E-state index in [1.807, 2.05) is 6.92 Å². The van der Waals surface area contributed by atoms with E-state index in [1.54, 1.807) is 36.5 Å². The normalized spacial score (nSPS) is 10.1. The predicted octanol–water partition coefficient (Wildman–Crippen LogP) is 2.13. The highest BCUT2D eigenvalue weighted by Crippen LogP contribution is 2.12. The van der Waals surface area contributed by atoms with E-state index in [9.17, 15) is 4.79 Å². The third kappa shape index (κ3) is 2.93. The van der Waals surface area contributed by atoms with E-state index in [1.165, 1.54) is 6.20 Å².